The number of hydrogen-bond acceptors (Lipinski definition) is 4. The number of pyridine rings is 1. The molecular weight excluding hydrogens is 376 g/mol. The van der Waals surface area contributed by atoms with Gasteiger partial charge in [0.2, 0.25) is 12.7 Å². The van der Waals surface area contributed by atoms with E-state index in [0.717, 1.165) is 35.3 Å². The molecule has 152 valence electrons. The molecule has 30 heavy (non-hydrogen) atoms. The summed E-state index contributed by atoms with van der Waals surface area (Å²) in [5.74, 6) is 2.48. The standard InChI is InChI=1S/C25H24N2O3/c1-16(2)17-3-5-18(6-4-17)19-7-10-23(26-14-19)27-24(28)25(11-12-25)20-8-9-21-22(13-20)30-15-29-21/h3-10,13-14,16H,11-12,15H2,1-2H3,(H,26,27,28). The molecule has 1 aliphatic carbocycles. The van der Waals surface area contributed by atoms with E-state index in [1.54, 1.807) is 6.20 Å². The smallest absolute Gasteiger partial charge is 0.236 e. The van der Waals surface area contributed by atoms with E-state index in [2.05, 4.69) is 48.4 Å². The van der Waals surface area contributed by atoms with Crippen molar-refractivity contribution in [2.24, 2.45) is 0 Å². The molecule has 1 aromatic heterocycles. The van der Waals surface area contributed by atoms with Gasteiger partial charge < -0.3 is 14.8 Å². The van der Waals surface area contributed by atoms with Crippen LogP contribution < -0.4 is 14.8 Å². The summed E-state index contributed by atoms with van der Waals surface area (Å²) in [4.78, 5) is 17.5. The van der Waals surface area contributed by atoms with Crippen LogP contribution in [0.5, 0.6) is 11.5 Å². The Hall–Kier alpha value is -3.34. The lowest BCUT2D eigenvalue weighted by molar-refractivity contribution is -0.118. The first-order valence-electron chi connectivity index (χ1n) is 10.3. The van der Waals surface area contributed by atoms with E-state index in [1.807, 2.05) is 30.3 Å². The third-order valence-electron chi connectivity index (χ3n) is 6.03. The molecule has 2 aliphatic rings. The highest BCUT2D eigenvalue weighted by molar-refractivity contribution is 6.01. The van der Waals surface area contributed by atoms with Gasteiger partial charge in [-0.05, 0) is 59.7 Å². The number of rotatable bonds is 5. The average molecular weight is 400 g/mol. The van der Waals surface area contributed by atoms with Crippen molar-refractivity contribution in [2.45, 2.75) is 38.0 Å². The number of nitrogens with one attached hydrogen (secondary N) is 1. The fraction of sp³-hybridized carbons (Fsp3) is 0.280. The molecule has 2 heterocycles. The van der Waals surface area contributed by atoms with Gasteiger partial charge >= 0.3 is 0 Å². The Kier molecular flexibility index (Phi) is 4.46. The highest BCUT2D eigenvalue weighted by Gasteiger charge is 2.51. The van der Waals surface area contributed by atoms with Gasteiger partial charge in [0, 0.05) is 11.8 Å². The van der Waals surface area contributed by atoms with Crippen molar-refractivity contribution in [3.05, 3.63) is 71.9 Å². The van der Waals surface area contributed by atoms with Gasteiger partial charge in [0.25, 0.3) is 0 Å². The second kappa shape index (κ2) is 7.17. The van der Waals surface area contributed by atoms with Crippen molar-refractivity contribution < 1.29 is 14.3 Å². The number of anilines is 1. The van der Waals surface area contributed by atoms with Crippen LogP contribution in [-0.4, -0.2) is 17.7 Å². The monoisotopic (exact) mass is 400 g/mol. The summed E-state index contributed by atoms with van der Waals surface area (Å²) < 4.78 is 10.8. The van der Waals surface area contributed by atoms with E-state index in [1.165, 1.54) is 5.56 Å². The second-order valence-corrected chi connectivity index (χ2v) is 8.31. The summed E-state index contributed by atoms with van der Waals surface area (Å²) in [6, 6.07) is 18.1. The van der Waals surface area contributed by atoms with Gasteiger partial charge in [-0.3, -0.25) is 4.79 Å². The van der Waals surface area contributed by atoms with Gasteiger partial charge in [-0.2, -0.15) is 0 Å². The first-order chi connectivity index (χ1) is 14.5. The highest BCUT2D eigenvalue weighted by Crippen LogP contribution is 2.51. The number of fused-ring (bicyclic) bond motifs is 1. The normalized spacial score (nSPS) is 15.8. The van der Waals surface area contributed by atoms with E-state index in [-0.39, 0.29) is 12.7 Å². The molecule has 1 fully saturated rings. The van der Waals surface area contributed by atoms with Crippen LogP contribution in [0.4, 0.5) is 5.82 Å². The third kappa shape index (κ3) is 3.30. The zero-order valence-corrected chi connectivity index (χ0v) is 17.1. The minimum atomic E-state index is -0.506. The number of nitrogens with zero attached hydrogens (tertiary/aromatic N) is 1. The van der Waals surface area contributed by atoms with Crippen LogP contribution in [0.25, 0.3) is 11.1 Å². The largest absolute Gasteiger partial charge is 0.454 e. The molecule has 5 rings (SSSR count). The van der Waals surface area contributed by atoms with Gasteiger partial charge in [-0.1, -0.05) is 44.2 Å². The van der Waals surface area contributed by atoms with Crippen molar-refractivity contribution in [1.29, 1.82) is 0 Å². The molecule has 5 nitrogen and oxygen atoms in total. The molecule has 3 aromatic rings. The minimum Gasteiger partial charge on any atom is -0.454 e. The van der Waals surface area contributed by atoms with Crippen molar-refractivity contribution in [3.63, 3.8) is 0 Å². The summed E-state index contributed by atoms with van der Waals surface area (Å²) in [6.07, 6.45) is 3.44. The van der Waals surface area contributed by atoms with Crippen molar-refractivity contribution in [2.75, 3.05) is 12.1 Å². The molecule has 1 N–H and O–H groups in total. The number of benzene rings is 2. The van der Waals surface area contributed by atoms with E-state index in [9.17, 15) is 4.79 Å². The van der Waals surface area contributed by atoms with Gasteiger partial charge in [0.1, 0.15) is 5.82 Å². The minimum absolute atomic E-state index is 0.0251. The first kappa shape index (κ1) is 18.7. The van der Waals surface area contributed by atoms with Gasteiger partial charge in [-0.25, -0.2) is 4.98 Å². The Morgan fingerprint density at radius 1 is 0.967 bits per heavy atom. The fourth-order valence-electron chi connectivity index (χ4n) is 3.90. The molecule has 0 spiro atoms. The first-order valence-corrected chi connectivity index (χ1v) is 10.3. The molecule has 1 aliphatic heterocycles. The van der Waals surface area contributed by atoms with Gasteiger partial charge in [-0.15, -0.1) is 0 Å². The van der Waals surface area contributed by atoms with Crippen LogP contribution in [0.1, 0.15) is 43.7 Å². The highest BCUT2D eigenvalue weighted by atomic mass is 16.7. The Bertz CT molecular complexity index is 1080. The summed E-state index contributed by atoms with van der Waals surface area (Å²) in [7, 11) is 0. The number of amides is 1. The van der Waals surface area contributed by atoms with Crippen LogP contribution in [0.2, 0.25) is 0 Å². The summed E-state index contributed by atoms with van der Waals surface area (Å²) in [5, 5.41) is 2.99. The van der Waals surface area contributed by atoms with Crippen molar-refractivity contribution >= 4 is 11.7 Å². The van der Waals surface area contributed by atoms with E-state index >= 15 is 0 Å². The topological polar surface area (TPSA) is 60.5 Å². The molecule has 0 unspecified atom stereocenters. The van der Waals surface area contributed by atoms with E-state index in [4.69, 9.17) is 9.47 Å². The molecular formula is C25H24N2O3. The summed E-state index contributed by atoms with van der Waals surface area (Å²) in [5.41, 5.74) is 3.91. The number of carbonyl (C=O) groups excluding carboxylic acids is 1. The van der Waals surface area contributed by atoms with Crippen LogP contribution >= 0.6 is 0 Å². The maximum absolute atomic E-state index is 13.0. The maximum Gasteiger partial charge on any atom is 0.236 e. The van der Waals surface area contributed by atoms with Crippen LogP contribution in [0.3, 0.4) is 0 Å². The SMILES string of the molecule is CC(C)c1ccc(-c2ccc(NC(=O)C3(c4ccc5c(c4)OCO5)CC3)nc2)cc1. The quantitative estimate of drug-likeness (QED) is 0.634. The molecule has 0 radical (unpaired) electrons. The number of ether oxygens (including phenoxy) is 2. The second-order valence-electron chi connectivity index (χ2n) is 8.31. The number of hydrogen-bond donors (Lipinski definition) is 1. The van der Waals surface area contributed by atoms with Crippen molar-refractivity contribution in [3.8, 4) is 22.6 Å². The van der Waals surface area contributed by atoms with Gasteiger partial charge in [0.05, 0.1) is 5.41 Å². The van der Waals surface area contributed by atoms with Gasteiger partial charge in [0.15, 0.2) is 11.5 Å². The van der Waals surface area contributed by atoms with Crippen LogP contribution in [0.15, 0.2) is 60.8 Å². The average Bonchev–Trinajstić information content (AvgIpc) is 3.45. The Morgan fingerprint density at radius 2 is 1.70 bits per heavy atom. The lowest BCUT2D eigenvalue weighted by Gasteiger charge is -2.16. The summed E-state index contributed by atoms with van der Waals surface area (Å²) in [6.45, 7) is 4.60. The molecule has 0 bridgehead atoms. The molecule has 5 heteroatoms. The zero-order chi connectivity index (χ0) is 20.7. The van der Waals surface area contributed by atoms with Crippen LogP contribution in [-0.2, 0) is 10.2 Å². The Morgan fingerprint density at radius 3 is 2.37 bits per heavy atom. The fourth-order valence-corrected chi connectivity index (χ4v) is 3.90. The van der Waals surface area contributed by atoms with Crippen molar-refractivity contribution in [1.82, 2.24) is 4.98 Å². The lowest BCUT2D eigenvalue weighted by Crippen LogP contribution is -2.28. The number of aromatic nitrogens is 1. The van der Waals surface area contributed by atoms with E-state index < -0.39 is 5.41 Å². The Balaban J connectivity index is 1.30. The molecule has 0 saturated heterocycles. The maximum atomic E-state index is 13.0. The zero-order valence-electron chi connectivity index (χ0n) is 17.1. The predicted molar refractivity (Wildman–Crippen MR) is 116 cm³/mol. The number of carbonyl (C=O) groups is 1. The Labute approximate surface area is 176 Å². The van der Waals surface area contributed by atoms with E-state index in [0.29, 0.717) is 17.5 Å². The lowest BCUT2D eigenvalue weighted by atomic mass is 9.94. The van der Waals surface area contributed by atoms with Crippen LogP contribution in [0, 0.1) is 0 Å². The summed E-state index contributed by atoms with van der Waals surface area (Å²) >= 11 is 0. The molecule has 1 saturated carbocycles. The molecule has 0 atom stereocenters. The molecule has 1 amide bonds. The molecule has 2 aromatic carbocycles. The predicted octanol–water partition coefficient (Wildman–Crippen LogP) is 5.27. The third-order valence-corrected chi connectivity index (χ3v) is 6.03.